The molecule has 1 aliphatic rings. The number of nitrogens with zero attached hydrogens (tertiary/aromatic N) is 2. The van der Waals surface area contributed by atoms with Gasteiger partial charge in [-0.15, -0.1) is 6.58 Å². The van der Waals surface area contributed by atoms with Crippen LogP contribution in [-0.2, 0) is 17.1 Å². The molecule has 11 heteroatoms. The molecule has 0 radical (unpaired) electrons. The summed E-state index contributed by atoms with van der Waals surface area (Å²) in [6.45, 7) is 3.31. The number of aryl methyl sites for hydroxylation is 1. The number of benzene rings is 1. The molecule has 2 unspecified atom stereocenters. The van der Waals surface area contributed by atoms with Crippen LogP contribution in [-0.4, -0.2) is 42.8 Å². The van der Waals surface area contributed by atoms with Crippen molar-refractivity contribution >= 4 is 21.6 Å². The van der Waals surface area contributed by atoms with Gasteiger partial charge in [0.1, 0.15) is 23.4 Å². The first-order chi connectivity index (χ1) is 14.2. The Hall–Kier alpha value is -3.20. The van der Waals surface area contributed by atoms with Crippen LogP contribution >= 0.6 is 0 Å². The third-order valence-corrected chi connectivity index (χ3v) is 6.02. The van der Waals surface area contributed by atoms with Crippen molar-refractivity contribution in [3.05, 3.63) is 54.1 Å². The molecule has 2 heterocycles. The number of hydrogen-bond donors (Lipinski definition) is 3. The number of anilines is 1. The number of carbonyl (C=O) groups is 1. The Morgan fingerprint density at radius 2 is 2.33 bits per heavy atom. The van der Waals surface area contributed by atoms with E-state index in [0.717, 1.165) is 12.1 Å². The fourth-order valence-corrected chi connectivity index (χ4v) is 4.49. The number of rotatable bonds is 5. The van der Waals surface area contributed by atoms with E-state index in [9.17, 15) is 22.7 Å². The maximum atomic E-state index is 13.5. The molecule has 0 saturated carbocycles. The number of aliphatic hydroxyl groups is 1. The molecule has 158 valence electrons. The Morgan fingerprint density at radius 1 is 1.60 bits per heavy atom. The standard InChI is InChI=1S/C19H19FN4O5S/c1-3-4-15(25)14-10-29-18-16(30(27,28)23-14)9-24(2)17(18)19(26)22-12-5-6-13(20)11(7-12)8-21/h3,5-7,9,14-15,23,25H,1,4,10H2,2H3,(H,22,26). The van der Waals surface area contributed by atoms with Crippen molar-refractivity contribution < 1.29 is 27.4 Å². The van der Waals surface area contributed by atoms with Gasteiger partial charge in [-0.25, -0.2) is 17.5 Å². The Bertz CT molecular complexity index is 1150. The summed E-state index contributed by atoms with van der Waals surface area (Å²) in [6.07, 6.45) is 1.76. The average molecular weight is 434 g/mol. The molecule has 0 aliphatic carbocycles. The van der Waals surface area contributed by atoms with Gasteiger partial charge in [-0.05, 0) is 24.6 Å². The van der Waals surface area contributed by atoms with E-state index in [1.807, 2.05) is 0 Å². The highest BCUT2D eigenvalue weighted by molar-refractivity contribution is 7.89. The van der Waals surface area contributed by atoms with Crippen molar-refractivity contribution in [2.24, 2.45) is 7.05 Å². The van der Waals surface area contributed by atoms with Crippen LogP contribution in [0.1, 0.15) is 22.5 Å². The summed E-state index contributed by atoms with van der Waals surface area (Å²) in [4.78, 5) is 12.6. The van der Waals surface area contributed by atoms with Crippen molar-refractivity contribution in [2.45, 2.75) is 23.5 Å². The lowest BCUT2D eigenvalue weighted by atomic mass is 10.1. The van der Waals surface area contributed by atoms with Crippen LogP contribution in [0.4, 0.5) is 10.1 Å². The molecule has 2 aromatic rings. The van der Waals surface area contributed by atoms with E-state index in [1.165, 1.54) is 30.0 Å². The molecule has 0 bridgehead atoms. The van der Waals surface area contributed by atoms with Gasteiger partial charge in [-0.2, -0.15) is 5.26 Å². The summed E-state index contributed by atoms with van der Waals surface area (Å²) >= 11 is 0. The summed E-state index contributed by atoms with van der Waals surface area (Å²) in [7, 11) is -2.61. The second-order valence-electron chi connectivity index (χ2n) is 6.67. The Labute approximate surface area is 172 Å². The summed E-state index contributed by atoms with van der Waals surface area (Å²) in [6, 6.07) is 4.22. The number of carbonyl (C=O) groups excluding carboxylic acids is 1. The second kappa shape index (κ2) is 8.27. The van der Waals surface area contributed by atoms with Crippen LogP contribution in [0.15, 0.2) is 41.9 Å². The predicted octanol–water partition coefficient (Wildman–Crippen LogP) is 1.26. The number of nitriles is 1. The van der Waals surface area contributed by atoms with Gasteiger partial charge in [0.2, 0.25) is 10.0 Å². The summed E-state index contributed by atoms with van der Waals surface area (Å²) in [5, 5.41) is 21.6. The highest BCUT2D eigenvalue weighted by Crippen LogP contribution is 2.33. The predicted molar refractivity (Wildman–Crippen MR) is 105 cm³/mol. The van der Waals surface area contributed by atoms with Crippen molar-refractivity contribution in [2.75, 3.05) is 11.9 Å². The monoisotopic (exact) mass is 434 g/mol. The van der Waals surface area contributed by atoms with Crippen molar-refractivity contribution in [1.29, 1.82) is 5.26 Å². The van der Waals surface area contributed by atoms with E-state index < -0.39 is 33.9 Å². The van der Waals surface area contributed by atoms with Gasteiger partial charge < -0.3 is 19.7 Å². The van der Waals surface area contributed by atoms with E-state index in [-0.39, 0.29) is 40.6 Å². The summed E-state index contributed by atoms with van der Waals surface area (Å²) in [5.41, 5.74) is -0.181. The molecule has 1 aromatic carbocycles. The lowest BCUT2D eigenvalue weighted by molar-refractivity contribution is 0.0999. The molecule has 3 rings (SSSR count). The zero-order chi connectivity index (χ0) is 22.1. The molecular weight excluding hydrogens is 415 g/mol. The van der Waals surface area contributed by atoms with Gasteiger partial charge in [0, 0.05) is 18.9 Å². The van der Waals surface area contributed by atoms with E-state index in [1.54, 1.807) is 6.07 Å². The van der Waals surface area contributed by atoms with E-state index in [4.69, 9.17) is 10.00 Å². The van der Waals surface area contributed by atoms with E-state index in [2.05, 4.69) is 16.6 Å². The molecule has 1 amide bonds. The SMILES string of the molecule is C=CCC(O)C1COc2c(cn(C)c2C(=O)Nc2ccc(F)c(C#N)c2)S(=O)(=O)N1. The fraction of sp³-hybridized carbons (Fsp3) is 0.263. The number of hydrogen-bond acceptors (Lipinski definition) is 6. The second-order valence-corrected chi connectivity index (χ2v) is 8.36. The average Bonchev–Trinajstić information content (AvgIpc) is 2.97. The lowest BCUT2D eigenvalue weighted by Crippen LogP contribution is -2.45. The number of amides is 1. The number of aromatic nitrogens is 1. The zero-order valence-corrected chi connectivity index (χ0v) is 16.7. The highest BCUT2D eigenvalue weighted by Gasteiger charge is 2.36. The Balaban J connectivity index is 1.94. The molecule has 0 spiro atoms. The molecule has 1 aromatic heterocycles. The van der Waals surface area contributed by atoms with Crippen LogP contribution in [0.25, 0.3) is 0 Å². The summed E-state index contributed by atoms with van der Waals surface area (Å²) in [5.74, 6) is -1.61. The van der Waals surface area contributed by atoms with Crippen LogP contribution in [0, 0.1) is 17.1 Å². The zero-order valence-electron chi connectivity index (χ0n) is 15.9. The van der Waals surface area contributed by atoms with E-state index in [0.29, 0.717) is 0 Å². The van der Waals surface area contributed by atoms with Crippen molar-refractivity contribution in [3.63, 3.8) is 0 Å². The van der Waals surface area contributed by atoms with Crippen LogP contribution < -0.4 is 14.8 Å². The summed E-state index contributed by atoms with van der Waals surface area (Å²) < 4.78 is 48.2. The third-order valence-electron chi connectivity index (χ3n) is 4.54. The smallest absolute Gasteiger partial charge is 0.276 e. The maximum absolute atomic E-state index is 13.5. The molecule has 9 nitrogen and oxygen atoms in total. The van der Waals surface area contributed by atoms with Crippen LogP contribution in [0.2, 0.25) is 0 Å². The van der Waals surface area contributed by atoms with Crippen molar-refractivity contribution in [1.82, 2.24) is 9.29 Å². The molecule has 3 N–H and O–H groups in total. The first kappa shape index (κ1) is 21.5. The minimum atomic E-state index is -4.08. The van der Waals surface area contributed by atoms with Gasteiger partial charge in [-0.1, -0.05) is 6.08 Å². The van der Waals surface area contributed by atoms with Gasteiger partial charge in [0.15, 0.2) is 11.4 Å². The molecular formula is C19H19FN4O5S. The quantitative estimate of drug-likeness (QED) is 0.607. The number of sulfonamides is 1. The van der Waals surface area contributed by atoms with Gasteiger partial charge in [-0.3, -0.25) is 4.79 Å². The van der Waals surface area contributed by atoms with Crippen molar-refractivity contribution in [3.8, 4) is 11.8 Å². The minimum absolute atomic E-state index is 0.0860. The number of fused-ring (bicyclic) bond motifs is 1. The lowest BCUT2D eigenvalue weighted by Gasteiger charge is -2.20. The fourth-order valence-electron chi connectivity index (χ4n) is 3.04. The molecule has 0 fully saturated rings. The first-order valence-electron chi connectivity index (χ1n) is 8.82. The topological polar surface area (TPSA) is 133 Å². The number of aliphatic hydroxyl groups excluding tert-OH is 1. The van der Waals surface area contributed by atoms with Gasteiger partial charge >= 0.3 is 0 Å². The normalized spacial score (nSPS) is 18.3. The minimum Gasteiger partial charge on any atom is -0.488 e. The van der Waals surface area contributed by atoms with Crippen LogP contribution in [0.5, 0.6) is 5.75 Å². The Morgan fingerprint density at radius 3 is 3.00 bits per heavy atom. The molecule has 1 aliphatic heterocycles. The molecule has 2 atom stereocenters. The maximum Gasteiger partial charge on any atom is 0.276 e. The van der Waals surface area contributed by atoms with Gasteiger partial charge in [0.25, 0.3) is 5.91 Å². The Kier molecular flexibility index (Phi) is 5.93. The first-order valence-corrected chi connectivity index (χ1v) is 10.3. The van der Waals surface area contributed by atoms with Gasteiger partial charge in [0.05, 0.1) is 17.7 Å². The number of halogens is 1. The van der Waals surface area contributed by atoms with Crippen LogP contribution in [0.3, 0.4) is 0 Å². The molecule has 30 heavy (non-hydrogen) atoms. The number of nitrogens with one attached hydrogen (secondary N) is 2. The largest absolute Gasteiger partial charge is 0.488 e. The number of ether oxygens (including phenoxy) is 1. The van der Waals surface area contributed by atoms with E-state index >= 15 is 0 Å². The highest BCUT2D eigenvalue weighted by atomic mass is 32.2. The third kappa shape index (κ3) is 4.06. The molecule has 0 saturated heterocycles.